The van der Waals surface area contributed by atoms with Crippen LogP contribution in [0.1, 0.15) is 27.7 Å². The zero-order valence-electron chi connectivity index (χ0n) is 29.0. The van der Waals surface area contributed by atoms with Crippen LogP contribution in [0.5, 0.6) is 11.5 Å². The molecule has 244 valence electrons. The number of rotatable bonds is 12. The molecular weight excluding hydrogens is 630 g/mol. The van der Waals surface area contributed by atoms with Crippen molar-refractivity contribution in [2.45, 2.75) is 27.7 Å². The van der Waals surface area contributed by atoms with Gasteiger partial charge >= 0.3 is 0 Å². The summed E-state index contributed by atoms with van der Waals surface area (Å²) in [6.45, 7) is 8.80. The van der Waals surface area contributed by atoms with Crippen LogP contribution in [0.4, 0.5) is 0 Å². The van der Waals surface area contributed by atoms with E-state index in [1.54, 1.807) is 0 Å². The number of para-hydroxylation sites is 2. The number of hydrogen-bond acceptors (Lipinski definition) is 1. The minimum atomic E-state index is -2.18. The Labute approximate surface area is 294 Å². The molecule has 6 aromatic carbocycles. The van der Waals surface area contributed by atoms with Gasteiger partial charge in [-0.15, -0.1) is 0 Å². The summed E-state index contributed by atoms with van der Waals surface area (Å²) in [6.07, 6.45) is 6.66. The smallest absolute Gasteiger partial charge is 0.170 e. The van der Waals surface area contributed by atoms with E-state index in [-0.39, 0.29) is 0 Å². The van der Waals surface area contributed by atoms with Crippen molar-refractivity contribution in [3.8, 4) is 11.5 Å². The number of benzene rings is 6. The Morgan fingerprint density at radius 3 is 0.939 bits per heavy atom. The number of ether oxygens (including phenoxy) is 1. The lowest BCUT2D eigenvalue weighted by atomic mass is 10.3. The Kier molecular flexibility index (Phi) is 11.1. The van der Waals surface area contributed by atoms with Crippen LogP contribution in [-0.2, 0) is 0 Å². The maximum Gasteiger partial charge on any atom is 0.170 e. The standard InChI is InChI=1S/C46H46OP2/c1-37(2)33-35-48(39-21-9-5-10-22-39,40-23-11-6-12-24-40)45-31-19-17-29-43(45)47-44-30-18-20-32-46(44)49(36-34-38(3)4,41-25-13-7-14-26-41)42-27-15-8-16-28-42/h5-34H,35-36H2,1-4H3/q+2. The van der Waals surface area contributed by atoms with Crippen molar-refractivity contribution in [2.24, 2.45) is 0 Å². The van der Waals surface area contributed by atoms with E-state index in [2.05, 4.69) is 210 Å². The molecule has 0 aliphatic heterocycles. The van der Waals surface area contributed by atoms with Crippen molar-refractivity contribution in [1.29, 1.82) is 0 Å². The lowest BCUT2D eigenvalue weighted by Gasteiger charge is -2.30. The van der Waals surface area contributed by atoms with Crippen LogP contribution in [0.2, 0.25) is 0 Å². The normalized spacial score (nSPS) is 11.4. The van der Waals surface area contributed by atoms with Crippen molar-refractivity contribution < 1.29 is 4.74 Å². The summed E-state index contributed by atoms with van der Waals surface area (Å²) in [6, 6.07) is 61.9. The van der Waals surface area contributed by atoms with Gasteiger partial charge in [-0.05, 0) is 113 Å². The van der Waals surface area contributed by atoms with Crippen molar-refractivity contribution in [3.05, 3.63) is 193 Å². The van der Waals surface area contributed by atoms with E-state index >= 15 is 0 Å². The maximum absolute atomic E-state index is 7.37. The second kappa shape index (κ2) is 15.8. The first kappa shape index (κ1) is 34.3. The molecule has 0 heterocycles. The molecule has 0 saturated heterocycles. The molecule has 0 bridgehead atoms. The third kappa shape index (κ3) is 7.26. The molecule has 0 aromatic heterocycles. The highest BCUT2D eigenvalue weighted by Gasteiger charge is 2.49. The van der Waals surface area contributed by atoms with Crippen LogP contribution < -0.4 is 36.6 Å². The summed E-state index contributed by atoms with van der Waals surface area (Å²) in [7, 11) is -4.36. The molecule has 0 atom stereocenters. The summed E-state index contributed by atoms with van der Waals surface area (Å²) in [5.41, 5.74) is 2.64. The number of allylic oxidation sites excluding steroid dienone is 4. The van der Waals surface area contributed by atoms with E-state index in [1.807, 2.05) is 0 Å². The first-order chi connectivity index (χ1) is 23.9. The van der Waals surface area contributed by atoms with Crippen molar-refractivity contribution >= 4 is 46.4 Å². The maximum atomic E-state index is 7.37. The predicted octanol–water partition coefficient (Wildman–Crippen LogP) is 10.00. The van der Waals surface area contributed by atoms with Gasteiger partial charge < -0.3 is 4.74 Å². The minimum absolute atomic E-state index is 0.914. The zero-order valence-corrected chi connectivity index (χ0v) is 30.8. The highest BCUT2D eigenvalue weighted by molar-refractivity contribution is 7.96. The third-order valence-electron chi connectivity index (χ3n) is 9.11. The zero-order chi connectivity index (χ0) is 34.1. The fourth-order valence-electron chi connectivity index (χ4n) is 6.68. The molecule has 1 nitrogen and oxygen atoms in total. The fourth-order valence-corrected chi connectivity index (χ4v) is 15.3. The quantitative estimate of drug-likeness (QED) is 0.0927. The van der Waals surface area contributed by atoms with Crippen molar-refractivity contribution in [2.75, 3.05) is 12.3 Å². The van der Waals surface area contributed by atoms with Gasteiger partial charge in [0.05, 0.1) is 12.3 Å². The topological polar surface area (TPSA) is 9.23 Å². The lowest BCUT2D eigenvalue weighted by Crippen LogP contribution is -2.35. The Morgan fingerprint density at radius 1 is 0.388 bits per heavy atom. The molecular formula is C46H46OP2+2. The van der Waals surface area contributed by atoms with Gasteiger partial charge in [0.15, 0.2) is 11.5 Å². The van der Waals surface area contributed by atoms with Gasteiger partial charge in [0.2, 0.25) is 0 Å². The average molecular weight is 677 g/mol. The summed E-state index contributed by atoms with van der Waals surface area (Å²) in [5.74, 6) is 1.83. The molecule has 0 spiro atoms. The van der Waals surface area contributed by atoms with Crippen molar-refractivity contribution in [3.63, 3.8) is 0 Å². The molecule has 0 amide bonds. The molecule has 0 radical (unpaired) electrons. The fraction of sp³-hybridized carbons (Fsp3) is 0.130. The van der Waals surface area contributed by atoms with E-state index < -0.39 is 14.5 Å². The van der Waals surface area contributed by atoms with Crippen molar-refractivity contribution in [1.82, 2.24) is 0 Å². The average Bonchev–Trinajstić information content (AvgIpc) is 3.15. The second-order valence-electron chi connectivity index (χ2n) is 12.9. The molecule has 6 aromatic rings. The van der Waals surface area contributed by atoms with Crippen LogP contribution in [0, 0.1) is 0 Å². The summed E-state index contributed by atoms with van der Waals surface area (Å²) in [4.78, 5) is 0. The van der Waals surface area contributed by atoms with Crippen LogP contribution in [0.25, 0.3) is 0 Å². The Morgan fingerprint density at radius 2 is 0.653 bits per heavy atom. The van der Waals surface area contributed by atoms with Gasteiger partial charge in [0, 0.05) is 0 Å². The van der Waals surface area contributed by atoms with Gasteiger partial charge in [-0.2, -0.15) is 0 Å². The summed E-state index contributed by atoms with van der Waals surface area (Å²) >= 11 is 0. The van der Waals surface area contributed by atoms with E-state index in [0.717, 1.165) is 23.8 Å². The molecule has 0 fully saturated rings. The Bertz CT molecular complexity index is 1780. The molecule has 3 heteroatoms. The third-order valence-corrected chi connectivity index (χ3v) is 17.7. The second-order valence-corrected chi connectivity index (χ2v) is 19.9. The van der Waals surface area contributed by atoms with Crippen LogP contribution in [0.15, 0.2) is 193 Å². The van der Waals surface area contributed by atoms with Gasteiger partial charge in [0.1, 0.15) is 46.4 Å². The summed E-state index contributed by atoms with van der Waals surface area (Å²) < 4.78 is 7.37. The Balaban J connectivity index is 1.61. The van der Waals surface area contributed by atoms with Gasteiger partial charge in [-0.3, -0.25) is 0 Å². The molecule has 0 unspecified atom stereocenters. The molecule has 0 N–H and O–H groups in total. The molecule has 49 heavy (non-hydrogen) atoms. The van der Waals surface area contributed by atoms with Gasteiger partial charge in [0.25, 0.3) is 0 Å². The molecule has 0 aliphatic carbocycles. The number of hydrogen-bond donors (Lipinski definition) is 0. The highest BCUT2D eigenvalue weighted by Crippen LogP contribution is 2.59. The molecule has 0 aliphatic rings. The predicted molar refractivity (Wildman–Crippen MR) is 219 cm³/mol. The Hall–Kier alpha value is -4.54. The SMILES string of the molecule is CC(C)=CC[P+](c1ccccc1)(c1ccccc1)c1ccccc1Oc1ccccc1[P+](CC=C(C)C)(c1ccccc1)c1ccccc1. The van der Waals surface area contributed by atoms with E-state index in [4.69, 9.17) is 4.74 Å². The first-order valence-corrected chi connectivity index (χ1v) is 21.0. The van der Waals surface area contributed by atoms with Crippen LogP contribution >= 0.6 is 14.5 Å². The monoisotopic (exact) mass is 676 g/mol. The first-order valence-electron chi connectivity index (χ1n) is 17.1. The van der Waals surface area contributed by atoms with Gasteiger partial charge in [-0.1, -0.05) is 108 Å². The van der Waals surface area contributed by atoms with E-state index in [0.29, 0.717) is 0 Å². The molecule has 0 saturated carbocycles. The lowest BCUT2D eigenvalue weighted by molar-refractivity contribution is 0.490. The highest BCUT2D eigenvalue weighted by atomic mass is 31.2. The molecule has 6 rings (SSSR count). The minimum Gasteiger partial charge on any atom is -0.449 e. The van der Waals surface area contributed by atoms with E-state index in [1.165, 1.54) is 43.0 Å². The summed E-state index contributed by atoms with van der Waals surface area (Å²) in [5, 5.41) is 7.91. The van der Waals surface area contributed by atoms with Gasteiger partial charge in [-0.25, -0.2) is 0 Å². The van der Waals surface area contributed by atoms with Crippen LogP contribution in [-0.4, -0.2) is 12.3 Å². The van der Waals surface area contributed by atoms with E-state index in [9.17, 15) is 0 Å². The van der Waals surface area contributed by atoms with Crippen LogP contribution in [0.3, 0.4) is 0 Å². The largest absolute Gasteiger partial charge is 0.449 e.